The van der Waals surface area contributed by atoms with Crippen LogP contribution >= 0.6 is 0 Å². The first kappa shape index (κ1) is 20.7. The van der Waals surface area contributed by atoms with Gasteiger partial charge < -0.3 is 9.64 Å². The van der Waals surface area contributed by atoms with Gasteiger partial charge in [0.05, 0.1) is 29.8 Å². The van der Waals surface area contributed by atoms with Crippen molar-refractivity contribution in [1.29, 1.82) is 0 Å². The van der Waals surface area contributed by atoms with E-state index in [0.717, 1.165) is 17.7 Å². The fraction of sp³-hybridized carbons (Fsp3) is 0.304. The number of rotatable bonds is 7. The lowest BCUT2D eigenvalue weighted by molar-refractivity contribution is -0.384. The van der Waals surface area contributed by atoms with Crippen LogP contribution in [0.2, 0.25) is 0 Å². The number of carbonyl (C=O) groups is 2. The Balaban J connectivity index is 1.76. The lowest BCUT2D eigenvalue weighted by Crippen LogP contribution is -2.37. The Morgan fingerprint density at radius 3 is 2.45 bits per heavy atom. The third-order valence-electron chi connectivity index (χ3n) is 5.43. The van der Waals surface area contributed by atoms with E-state index in [1.807, 2.05) is 43.0 Å². The summed E-state index contributed by atoms with van der Waals surface area (Å²) in [6.07, 6.45) is 0.755. The van der Waals surface area contributed by atoms with Crippen molar-refractivity contribution in [3.63, 3.8) is 0 Å². The first-order valence-electron chi connectivity index (χ1n) is 10.2. The van der Waals surface area contributed by atoms with Crippen molar-refractivity contribution in [3.05, 3.63) is 75.5 Å². The van der Waals surface area contributed by atoms with Crippen LogP contribution in [0.15, 0.2) is 54.2 Å². The third kappa shape index (κ3) is 3.82. The molecule has 8 nitrogen and oxygen atoms in total. The summed E-state index contributed by atoms with van der Waals surface area (Å²) >= 11 is 0. The minimum Gasteiger partial charge on any atom is -0.377 e. The summed E-state index contributed by atoms with van der Waals surface area (Å²) in [4.78, 5) is 40.3. The van der Waals surface area contributed by atoms with Crippen molar-refractivity contribution in [1.82, 2.24) is 4.90 Å². The van der Waals surface area contributed by atoms with Gasteiger partial charge in [-0.05, 0) is 49.6 Å². The number of nitro benzene ring substituents is 1. The highest BCUT2D eigenvalue weighted by Gasteiger charge is 2.43. The predicted octanol–water partition coefficient (Wildman–Crippen LogP) is 3.16. The molecule has 0 aliphatic carbocycles. The number of hydrogen-bond donors (Lipinski definition) is 0. The van der Waals surface area contributed by atoms with Crippen LogP contribution < -0.4 is 4.90 Å². The molecule has 4 rings (SSSR count). The highest BCUT2D eigenvalue weighted by molar-refractivity contribution is 6.36. The summed E-state index contributed by atoms with van der Waals surface area (Å²) < 4.78 is 5.55. The van der Waals surface area contributed by atoms with E-state index < -0.39 is 10.8 Å². The molecule has 0 spiro atoms. The number of nitrogens with zero attached hydrogens (tertiary/aromatic N) is 3. The maximum absolute atomic E-state index is 13.4. The van der Waals surface area contributed by atoms with Crippen molar-refractivity contribution in [3.8, 4) is 0 Å². The Labute approximate surface area is 179 Å². The fourth-order valence-corrected chi connectivity index (χ4v) is 3.98. The summed E-state index contributed by atoms with van der Waals surface area (Å²) in [7, 11) is 0. The average Bonchev–Trinajstić information content (AvgIpc) is 3.27. The normalized spacial score (nSPS) is 16.0. The van der Waals surface area contributed by atoms with Crippen molar-refractivity contribution in [2.45, 2.75) is 26.4 Å². The molecule has 31 heavy (non-hydrogen) atoms. The van der Waals surface area contributed by atoms with Gasteiger partial charge in [0.2, 0.25) is 0 Å². The van der Waals surface area contributed by atoms with Gasteiger partial charge in [0.1, 0.15) is 5.70 Å². The molecular weight excluding hydrogens is 398 g/mol. The molecule has 2 amide bonds. The molecule has 0 N–H and O–H groups in total. The van der Waals surface area contributed by atoms with Gasteiger partial charge >= 0.3 is 0 Å². The second-order valence-electron chi connectivity index (χ2n) is 7.74. The van der Waals surface area contributed by atoms with Gasteiger partial charge in [-0.3, -0.25) is 24.6 Å². The molecular formula is C23H23N3O5. The summed E-state index contributed by atoms with van der Waals surface area (Å²) in [5.41, 5.74) is 3.00. The van der Waals surface area contributed by atoms with Gasteiger partial charge in [-0.15, -0.1) is 0 Å². The molecule has 0 bridgehead atoms. The van der Waals surface area contributed by atoms with E-state index in [-0.39, 0.29) is 36.4 Å². The van der Waals surface area contributed by atoms with E-state index in [2.05, 4.69) is 0 Å². The predicted molar refractivity (Wildman–Crippen MR) is 115 cm³/mol. The smallest absolute Gasteiger partial charge is 0.278 e. The number of fused-ring (bicyclic) bond motifs is 1. The number of carbonyl (C=O) groups excluding carboxylic acids is 2. The van der Waals surface area contributed by atoms with Crippen LogP contribution in [0.5, 0.6) is 0 Å². The molecule has 2 aromatic carbocycles. The molecule has 0 unspecified atom stereocenters. The fourth-order valence-electron chi connectivity index (χ4n) is 3.98. The number of nitro groups is 1. The summed E-state index contributed by atoms with van der Waals surface area (Å²) in [5, 5.41) is 11.0. The average molecular weight is 421 g/mol. The van der Waals surface area contributed by atoms with Gasteiger partial charge in [-0.2, -0.15) is 0 Å². The Bertz CT molecular complexity index is 1070. The van der Waals surface area contributed by atoms with Crippen LogP contribution in [0, 0.1) is 10.1 Å². The van der Waals surface area contributed by atoms with Crippen molar-refractivity contribution in [2.24, 2.45) is 0 Å². The molecule has 2 heterocycles. The van der Waals surface area contributed by atoms with Crippen molar-refractivity contribution >= 4 is 28.8 Å². The molecule has 2 aromatic rings. The Morgan fingerprint density at radius 2 is 1.77 bits per heavy atom. The molecule has 0 atom stereocenters. The second-order valence-corrected chi connectivity index (χ2v) is 7.74. The van der Waals surface area contributed by atoms with Gasteiger partial charge in [0, 0.05) is 24.4 Å². The maximum atomic E-state index is 13.4. The molecule has 0 aromatic heterocycles. The van der Waals surface area contributed by atoms with E-state index in [1.165, 1.54) is 29.2 Å². The van der Waals surface area contributed by atoms with E-state index in [4.69, 9.17) is 4.74 Å². The van der Waals surface area contributed by atoms with E-state index in [1.54, 1.807) is 0 Å². The lowest BCUT2D eigenvalue weighted by atomic mass is 10.0. The SMILES string of the molecule is CC(C)OCCN1C(=O)C(c2ccc([N+](=O)[O-])cc2)=C(N2CCc3ccccc32)C1=O. The van der Waals surface area contributed by atoms with Gasteiger partial charge in [0.15, 0.2) is 0 Å². The van der Waals surface area contributed by atoms with Crippen LogP contribution in [-0.4, -0.2) is 47.4 Å². The maximum Gasteiger partial charge on any atom is 0.278 e. The zero-order valence-corrected chi connectivity index (χ0v) is 17.4. The number of benzene rings is 2. The highest BCUT2D eigenvalue weighted by atomic mass is 16.6. The monoisotopic (exact) mass is 421 g/mol. The van der Waals surface area contributed by atoms with Crippen LogP contribution in [0.3, 0.4) is 0 Å². The zero-order chi connectivity index (χ0) is 22.1. The molecule has 0 fully saturated rings. The summed E-state index contributed by atoms with van der Waals surface area (Å²) in [6.45, 7) is 4.75. The number of ether oxygens (including phenoxy) is 1. The first-order valence-corrected chi connectivity index (χ1v) is 10.2. The largest absolute Gasteiger partial charge is 0.377 e. The van der Waals surface area contributed by atoms with Crippen LogP contribution in [0.25, 0.3) is 5.57 Å². The van der Waals surface area contributed by atoms with Crippen LogP contribution in [-0.2, 0) is 20.7 Å². The molecule has 2 aliphatic rings. The molecule has 0 saturated carbocycles. The quantitative estimate of drug-likeness (QED) is 0.387. The topological polar surface area (TPSA) is 93.0 Å². The molecule has 2 aliphatic heterocycles. The minimum atomic E-state index is -0.493. The van der Waals surface area contributed by atoms with Crippen LogP contribution in [0.1, 0.15) is 25.0 Å². The molecule has 0 radical (unpaired) electrons. The number of para-hydroxylation sites is 1. The van der Waals surface area contributed by atoms with Gasteiger partial charge in [-0.25, -0.2) is 0 Å². The van der Waals surface area contributed by atoms with E-state index >= 15 is 0 Å². The van der Waals surface area contributed by atoms with Crippen molar-refractivity contribution < 1.29 is 19.2 Å². The summed E-state index contributed by atoms with van der Waals surface area (Å²) in [6, 6.07) is 13.5. The number of anilines is 1. The van der Waals surface area contributed by atoms with E-state index in [0.29, 0.717) is 17.8 Å². The number of imide groups is 1. The minimum absolute atomic E-state index is 0.0140. The number of hydrogen-bond acceptors (Lipinski definition) is 6. The highest BCUT2D eigenvalue weighted by Crippen LogP contribution is 2.38. The Kier molecular flexibility index (Phi) is 5.56. The number of amides is 2. The zero-order valence-electron chi connectivity index (χ0n) is 17.4. The van der Waals surface area contributed by atoms with Crippen molar-refractivity contribution in [2.75, 3.05) is 24.6 Å². The van der Waals surface area contributed by atoms with Crippen LogP contribution in [0.4, 0.5) is 11.4 Å². The standard InChI is InChI=1S/C23H23N3O5/c1-15(2)31-14-13-25-22(27)20(17-7-9-18(10-8-17)26(29)30)21(23(25)28)24-12-11-16-5-3-4-6-19(16)24/h3-10,15H,11-14H2,1-2H3. The first-order chi connectivity index (χ1) is 14.9. The van der Waals surface area contributed by atoms with Gasteiger partial charge in [0.25, 0.3) is 17.5 Å². The number of non-ortho nitro benzene ring substituents is 1. The molecule has 160 valence electrons. The Morgan fingerprint density at radius 1 is 1.06 bits per heavy atom. The third-order valence-corrected chi connectivity index (χ3v) is 5.43. The molecule has 0 saturated heterocycles. The second kappa shape index (κ2) is 8.31. The van der Waals surface area contributed by atoms with Gasteiger partial charge in [-0.1, -0.05) is 18.2 Å². The van der Waals surface area contributed by atoms with E-state index in [9.17, 15) is 19.7 Å². The lowest BCUT2D eigenvalue weighted by Gasteiger charge is -2.22. The summed E-state index contributed by atoms with van der Waals surface area (Å²) in [5.74, 6) is -0.784. The molecule has 8 heteroatoms. The Hall–Kier alpha value is -3.52.